The van der Waals surface area contributed by atoms with E-state index in [-0.39, 0.29) is 11.3 Å². The van der Waals surface area contributed by atoms with Crippen LogP contribution < -0.4 is 5.32 Å². The molecule has 90 valence electrons. The van der Waals surface area contributed by atoms with E-state index in [1.165, 1.54) is 0 Å². The van der Waals surface area contributed by atoms with E-state index in [4.69, 9.17) is 11.6 Å². The Balaban J connectivity index is 3.48. The molecular formula is C12H24ClNO. The lowest BCUT2D eigenvalue weighted by Crippen LogP contribution is -2.28. The first kappa shape index (κ1) is 14.8. The first-order valence-electron chi connectivity index (χ1n) is 5.68. The summed E-state index contributed by atoms with van der Waals surface area (Å²) in [5, 5.41) is 2.94. The normalized spacial score (nSPS) is 13.7. The van der Waals surface area contributed by atoms with Gasteiger partial charge in [0.15, 0.2) is 0 Å². The van der Waals surface area contributed by atoms with E-state index in [1.807, 2.05) is 0 Å². The van der Waals surface area contributed by atoms with Gasteiger partial charge in [0.1, 0.15) is 0 Å². The van der Waals surface area contributed by atoms with Crippen LogP contribution in [0, 0.1) is 11.3 Å². The number of carbonyl (C=O) groups excluding carboxylic acids is 1. The van der Waals surface area contributed by atoms with Crippen LogP contribution in [0.1, 0.15) is 47.0 Å². The van der Waals surface area contributed by atoms with E-state index < -0.39 is 0 Å². The van der Waals surface area contributed by atoms with Gasteiger partial charge in [0.05, 0.1) is 0 Å². The summed E-state index contributed by atoms with van der Waals surface area (Å²) in [6.07, 6.45) is 2.70. The molecule has 0 radical (unpaired) electrons. The van der Waals surface area contributed by atoms with Crippen LogP contribution in [0.4, 0.5) is 0 Å². The highest BCUT2D eigenvalue weighted by Gasteiger charge is 2.15. The van der Waals surface area contributed by atoms with Crippen molar-refractivity contribution in [3.63, 3.8) is 0 Å². The van der Waals surface area contributed by atoms with Crippen molar-refractivity contribution in [1.29, 1.82) is 0 Å². The fourth-order valence-corrected chi connectivity index (χ4v) is 1.45. The molecule has 15 heavy (non-hydrogen) atoms. The van der Waals surface area contributed by atoms with Gasteiger partial charge in [-0.3, -0.25) is 4.79 Å². The molecule has 0 heterocycles. The van der Waals surface area contributed by atoms with Gasteiger partial charge in [-0.25, -0.2) is 0 Å². The van der Waals surface area contributed by atoms with Crippen LogP contribution in [0.3, 0.4) is 0 Å². The predicted octanol–water partition coefficient (Wildman–Crippen LogP) is 3.19. The Labute approximate surface area is 98.8 Å². The lowest BCUT2D eigenvalue weighted by atomic mass is 9.92. The van der Waals surface area contributed by atoms with Crippen LogP contribution in [-0.4, -0.2) is 18.3 Å². The molecule has 0 aromatic heterocycles. The Kier molecular flexibility index (Phi) is 6.99. The Morgan fingerprint density at radius 3 is 2.47 bits per heavy atom. The van der Waals surface area contributed by atoms with Crippen LogP contribution in [-0.2, 0) is 4.79 Å². The number of nitrogens with one attached hydrogen (secondary N) is 1. The molecule has 0 aromatic rings. The van der Waals surface area contributed by atoms with Crippen LogP contribution in [0.2, 0.25) is 0 Å². The Morgan fingerprint density at radius 1 is 1.40 bits per heavy atom. The number of halogens is 1. The average Bonchev–Trinajstić information content (AvgIpc) is 2.09. The van der Waals surface area contributed by atoms with Gasteiger partial charge in [-0.05, 0) is 24.2 Å². The molecular weight excluding hydrogens is 210 g/mol. The van der Waals surface area contributed by atoms with Gasteiger partial charge >= 0.3 is 0 Å². The fourth-order valence-electron chi connectivity index (χ4n) is 1.30. The zero-order chi connectivity index (χ0) is 11.9. The van der Waals surface area contributed by atoms with Crippen molar-refractivity contribution in [3.05, 3.63) is 0 Å². The minimum atomic E-state index is 0.0769. The maximum absolute atomic E-state index is 11.4. The first-order chi connectivity index (χ1) is 6.85. The summed E-state index contributed by atoms with van der Waals surface area (Å²) >= 11 is 5.69. The van der Waals surface area contributed by atoms with Gasteiger partial charge in [-0.15, -0.1) is 11.6 Å². The zero-order valence-electron chi connectivity index (χ0n) is 10.4. The summed E-state index contributed by atoms with van der Waals surface area (Å²) in [6.45, 7) is 9.12. The molecule has 3 heteroatoms. The van der Waals surface area contributed by atoms with Crippen LogP contribution in [0.5, 0.6) is 0 Å². The lowest BCUT2D eigenvalue weighted by Gasteiger charge is -2.17. The SMILES string of the molecule is CC(CCl)CCCNC(=O)CC(C)(C)C. The highest BCUT2D eigenvalue weighted by molar-refractivity contribution is 6.18. The second-order valence-corrected chi connectivity index (χ2v) is 5.80. The van der Waals surface area contributed by atoms with E-state index in [1.54, 1.807) is 0 Å². The van der Waals surface area contributed by atoms with Gasteiger partial charge in [0.25, 0.3) is 0 Å². The lowest BCUT2D eigenvalue weighted by molar-refractivity contribution is -0.122. The van der Waals surface area contributed by atoms with E-state index in [0.717, 1.165) is 19.4 Å². The van der Waals surface area contributed by atoms with Crippen molar-refractivity contribution in [2.24, 2.45) is 11.3 Å². The second-order valence-electron chi connectivity index (χ2n) is 5.49. The second kappa shape index (κ2) is 7.10. The van der Waals surface area contributed by atoms with Crippen LogP contribution >= 0.6 is 11.6 Å². The smallest absolute Gasteiger partial charge is 0.220 e. The molecule has 1 unspecified atom stereocenters. The highest BCUT2D eigenvalue weighted by Crippen LogP contribution is 2.17. The molecule has 1 amide bonds. The Bertz CT molecular complexity index is 187. The molecule has 0 spiro atoms. The largest absolute Gasteiger partial charge is 0.356 e. The molecule has 0 aliphatic rings. The van der Waals surface area contributed by atoms with Crippen LogP contribution in [0.15, 0.2) is 0 Å². The monoisotopic (exact) mass is 233 g/mol. The number of rotatable bonds is 6. The third-order valence-corrected chi connectivity index (χ3v) is 2.68. The Morgan fingerprint density at radius 2 is 2.00 bits per heavy atom. The van der Waals surface area contributed by atoms with E-state index in [2.05, 4.69) is 33.0 Å². The van der Waals surface area contributed by atoms with E-state index >= 15 is 0 Å². The molecule has 0 fully saturated rings. The van der Waals surface area contributed by atoms with Crippen molar-refractivity contribution >= 4 is 17.5 Å². The number of amides is 1. The number of carbonyl (C=O) groups is 1. The van der Waals surface area contributed by atoms with Crippen molar-refractivity contribution in [3.8, 4) is 0 Å². The summed E-state index contributed by atoms with van der Waals surface area (Å²) in [6, 6.07) is 0. The topological polar surface area (TPSA) is 29.1 Å². The molecule has 0 saturated heterocycles. The minimum Gasteiger partial charge on any atom is -0.356 e. The maximum atomic E-state index is 11.4. The summed E-state index contributed by atoms with van der Waals surface area (Å²) in [5.74, 6) is 1.41. The van der Waals surface area contributed by atoms with Gasteiger partial charge in [-0.1, -0.05) is 27.7 Å². The van der Waals surface area contributed by atoms with E-state index in [9.17, 15) is 4.79 Å². The fraction of sp³-hybridized carbons (Fsp3) is 0.917. The van der Waals surface area contributed by atoms with Gasteiger partial charge < -0.3 is 5.32 Å². The molecule has 0 aliphatic carbocycles. The standard InChI is InChI=1S/C12H24ClNO/c1-10(9-13)6-5-7-14-11(15)8-12(2,3)4/h10H,5-9H2,1-4H3,(H,14,15). The molecule has 2 nitrogen and oxygen atoms in total. The molecule has 1 N–H and O–H groups in total. The summed E-state index contributed by atoms with van der Waals surface area (Å²) in [4.78, 5) is 11.4. The zero-order valence-corrected chi connectivity index (χ0v) is 11.2. The summed E-state index contributed by atoms with van der Waals surface area (Å²) < 4.78 is 0. The first-order valence-corrected chi connectivity index (χ1v) is 6.21. The number of hydrogen-bond donors (Lipinski definition) is 1. The Hall–Kier alpha value is -0.240. The average molecular weight is 234 g/mol. The van der Waals surface area contributed by atoms with Gasteiger partial charge in [0.2, 0.25) is 5.91 Å². The number of hydrogen-bond acceptors (Lipinski definition) is 1. The van der Waals surface area contributed by atoms with Crippen molar-refractivity contribution in [2.75, 3.05) is 12.4 Å². The van der Waals surface area contributed by atoms with Crippen molar-refractivity contribution in [1.82, 2.24) is 5.32 Å². The molecule has 0 aliphatic heterocycles. The third-order valence-electron chi connectivity index (χ3n) is 2.15. The van der Waals surface area contributed by atoms with Crippen molar-refractivity contribution < 1.29 is 4.79 Å². The van der Waals surface area contributed by atoms with E-state index in [0.29, 0.717) is 18.2 Å². The minimum absolute atomic E-state index is 0.0769. The third kappa shape index (κ3) is 10.1. The van der Waals surface area contributed by atoms with Gasteiger partial charge in [-0.2, -0.15) is 0 Å². The van der Waals surface area contributed by atoms with Crippen molar-refractivity contribution in [2.45, 2.75) is 47.0 Å². The van der Waals surface area contributed by atoms with Gasteiger partial charge in [0, 0.05) is 18.8 Å². The molecule has 0 rings (SSSR count). The maximum Gasteiger partial charge on any atom is 0.220 e. The number of alkyl halides is 1. The molecule has 1 atom stereocenters. The quantitative estimate of drug-likeness (QED) is 0.554. The van der Waals surface area contributed by atoms with Crippen LogP contribution in [0.25, 0.3) is 0 Å². The summed E-state index contributed by atoms with van der Waals surface area (Å²) in [5.41, 5.74) is 0.0769. The summed E-state index contributed by atoms with van der Waals surface area (Å²) in [7, 11) is 0. The predicted molar refractivity (Wildman–Crippen MR) is 66.2 cm³/mol. The highest BCUT2D eigenvalue weighted by atomic mass is 35.5. The molecule has 0 bridgehead atoms. The molecule has 0 aromatic carbocycles. The molecule has 0 saturated carbocycles.